The van der Waals surface area contributed by atoms with Gasteiger partial charge >= 0.3 is 0 Å². The number of hydrogen-bond acceptors (Lipinski definition) is 6. The predicted octanol–water partition coefficient (Wildman–Crippen LogP) is 2.37. The second-order valence-electron chi connectivity index (χ2n) is 5.98. The first kappa shape index (κ1) is 17.9. The number of amides is 1. The number of carbonyl (C=O) groups is 1. The number of aliphatic hydroxyl groups is 1. The van der Waals surface area contributed by atoms with E-state index in [2.05, 4.69) is 15.5 Å². The maximum Gasteiger partial charge on any atom is 0.238 e. The van der Waals surface area contributed by atoms with E-state index in [9.17, 15) is 9.90 Å². The molecule has 1 amide bonds. The molecule has 0 aliphatic rings. The summed E-state index contributed by atoms with van der Waals surface area (Å²) in [6, 6.07) is 13.0. The second kappa shape index (κ2) is 8.96. The maximum absolute atomic E-state index is 12.1. The molecule has 0 spiro atoms. The first-order valence-electron chi connectivity index (χ1n) is 8.55. The summed E-state index contributed by atoms with van der Waals surface area (Å²) >= 11 is 0. The van der Waals surface area contributed by atoms with Gasteiger partial charge in [0.1, 0.15) is 0 Å². The monoisotopic (exact) mass is 355 g/mol. The summed E-state index contributed by atoms with van der Waals surface area (Å²) < 4.78 is 10.4. The van der Waals surface area contributed by atoms with Gasteiger partial charge in [-0.05, 0) is 30.5 Å². The number of hydrogen-bond donors (Lipinski definition) is 2. The molecule has 7 heteroatoms. The summed E-state index contributed by atoms with van der Waals surface area (Å²) in [6.07, 6.45) is 3.55. The van der Waals surface area contributed by atoms with Crippen LogP contribution in [0.5, 0.6) is 0 Å². The fraction of sp³-hybridized carbons (Fsp3) is 0.316. The van der Waals surface area contributed by atoms with Gasteiger partial charge in [-0.3, -0.25) is 4.79 Å². The van der Waals surface area contributed by atoms with Crippen molar-refractivity contribution in [3.05, 3.63) is 60.2 Å². The second-order valence-corrected chi connectivity index (χ2v) is 5.98. The third kappa shape index (κ3) is 5.03. The third-order valence-electron chi connectivity index (χ3n) is 3.91. The number of aryl methyl sites for hydroxylation is 1. The van der Waals surface area contributed by atoms with Crippen molar-refractivity contribution >= 4 is 5.91 Å². The molecule has 3 rings (SSSR count). The normalized spacial score (nSPS) is 12.0. The Morgan fingerprint density at radius 2 is 2.04 bits per heavy atom. The molecule has 1 atom stereocenters. The van der Waals surface area contributed by atoms with E-state index < -0.39 is 0 Å². The van der Waals surface area contributed by atoms with Gasteiger partial charge in [0.2, 0.25) is 17.6 Å². The van der Waals surface area contributed by atoms with E-state index in [1.54, 1.807) is 18.4 Å². The molecule has 2 N–H and O–H groups in total. The van der Waals surface area contributed by atoms with Crippen LogP contribution >= 0.6 is 0 Å². The van der Waals surface area contributed by atoms with Crippen molar-refractivity contribution < 1.29 is 18.8 Å². The van der Waals surface area contributed by atoms with Gasteiger partial charge in [0.25, 0.3) is 0 Å². The summed E-state index contributed by atoms with van der Waals surface area (Å²) in [6.45, 7) is -0.100. The van der Waals surface area contributed by atoms with E-state index in [-0.39, 0.29) is 18.6 Å². The zero-order chi connectivity index (χ0) is 18.2. The van der Waals surface area contributed by atoms with E-state index in [0.29, 0.717) is 43.2 Å². The Hall–Kier alpha value is -2.93. The zero-order valence-corrected chi connectivity index (χ0v) is 14.3. The molecular weight excluding hydrogens is 334 g/mol. The van der Waals surface area contributed by atoms with Crippen LogP contribution in [-0.2, 0) is 17.6 Å². The Balaban J connectivity index is 1.42. The maximum atomic E-state index is 12.1. The van der Waals surface area contributed by atoms with E-state index in [1.165, 1.54) is 0 Å². The Kier molecular flexibility index (Phi) is 6.16. The lowest BCUT2D eigenvalue weighted by molar-refractivity contribution is -0.122. The minimum atomic E-state index is -0.293. The van der Waals surface area contributed by atoms with Gasteiger partial charge in [0, 0.05) is 12.8 Å². The van der Waals surface area contributed by atoms with E-state index in [1.807, 2.05) is 30.3 Å². The number of benzene rings is 1. The highest BCUT2D eigenvalue weighted by molar-refractivity contribution is 5.76. The van der Waals surface area contributed by atoms with Crippen molar-refractivity contribution in [3.63, 3.8) is 0 Å². The Bertz CT molecular complexity index is 799. The van der Waals surface area contributed by atoms with Crippen LogP contribution in [-0.4, -0.2) is 33.8 Å². The highest BCUT2D eigenvalue weighted by Gasteiger charge is 2.14. The van der Waals surface area contributed by atoms with Gasteiger partial charge in [-0.2, -0.15) is 4.98 Å². The van der Waals surface area contributed by atoms with Crippen molar-refractivity contribution in [2.24, 2.45) is 0 Å². The molecule has 2 heterocycles. The lowest BCUT2D eigenvalue weighted by Crippen LogP contribution is -2.39. The van der Waals surface area contributed by atoms with Gasteiger partial charge in [0.05, 0.1) is 18.9 Å². The summed E-state index contributed by atoms with van der Waals surface area (Å²) in [4.78, 5) is 16.3. The van der Waals surface area contributed by atoms with E-state index in [0.717, 1.165) is 5.56 Å². The fourth-order valence-electron chi connectivity index (χ4n) is 2.62. The van der Waals surface area contributed by atoms with Gasteiger partial charge in [-0.25, -0.2) is 0 Å². The van der Waals surface area contributed by atoms with Crippen LogP contribution in [0.2, 0.25) is 0 Å². The Morgan fingerprint density at radius 1 is 1.19 bits per heavy atom. The number of nitrogens with zero attached hydrogens (tertiary/aromatic N) is 2. The molecule has 1 aromatic carbocycles. The van der Waals surface area contributed by atoms with Crippen LogP contribution < -0.4 is 5.32 Å². The highest BCUT2D eigenvalue weighted by Crippen LogP contribution is 2.16. The summed E-state index contributed by atoms with van der Waals surface area (Å²) in [5, 5.41) is 16.2. The molecule has 0 fully saturated rings. The van der Waals surface area contributed by atoms with Crippen molar-refractivity contribution in [2.45, 2.75) is 31.7 Å². The average Bonchev–Trinajstić information content (AvgIpc) is 3.33. The molecule has 26 heavy (non-hydrogen) atoms. The van der Waals surface area contributed by atoms with Crippen molar-refractivity contribution in [3.8, 4) is 11.6 Å². The van der Waals surface area contributed by atoms with Crippen molar-refractivity contribution in [1.29, 1.82) is 0 Å². The first-order chi connectivity index (χ1) is 12.7. The molecule has 0 aliphatic heterocycles. The molecule has 0 radical (unpaired) electrons. The summed E-state index contributed by atoms with van der Waals surface area (Å²) in [5.41, 5.74) is 1.07. The van der Waals surface area contributed by atoms with Gasteiger partial charge in [-0.15, -0.1) is 0 Å². The van der Waals surface area contributed by atoms with E-state index in [4.69, 9.17) is 8.94 Å². The standard InChI is InChI=1S/C19H21N3O4/c23-13-15(12-14-6-2-1-3-7-14)20-17(24)9-4-10-18-21-19(22-26-18)16-8-5-11-25-16/h1-3,5-8,11,15,23H,4,9-10,12-13H2,(H,20,24)/t15-/m1/s1. The van der Waals surface area contributed by atoms with Crippen LogP contribution in [0.1, 0.15) is 24.3 Å². The highest BCUT2D eigenvalue weighted by atomic mass is 16.5. The fourth-order valence-corrected chi connectivity index (χ4v) is 2.62. The molecule has 0 bridgehead atoms. The van der Waals surface area contributed by atoms with Crippen LogP contribution in [0.4, 0.5) is 0 Å². The molecule has 136 valence electrons. The average molecular weight is 355 g/mol. The van der Waals surface area contributed by atoms with Crippen LogP contribution in [0.25, 0.3) is 11.6 Å². The number of rotatable bonds is 9. The SMILES string of the molecule is O=C(CCCc1nc(-c2ccco2)no1)N[C@@H](CO)Cc1ccccc1. The van der Waals surface area contributed by atoms with Crippen molar-refractivity contribution in [2.75, 3.05) is 6.61 Å². The van der Waals surface area contributed by atoms with Crippen LogP contribution in [0, 0.1) is 0 Å². The topological polar surface area (TPSA) is 101 Å². The molecule has 0 aliphatic carbocycles. The first-order valence-corrected chi connectivity index (χ1v) is 8.55. The number of nitrogens with one attached hydrogen (secondary N) is 1. The molecule has 7 nitrogen and oxygen atoms in total. The van der Waals surface area contributed by atoms with Gasteiger partial charge in [0.15, 0.2) is 5.76 Å². The molecule has 0 saturated carbocycles. The minimum absolute atomic E-state index is 0.100. The molecule has 0 unspecified atom stereocenters. The van der Waals surface area contributed by atoms with Crippen LogP contribution in [0.15, 0.2) is 57.7 Å². The lowest BCUT2D eigenvalue weighted by Gasteiger charge is -2.16. The lowest BCUT2D eigenvalue weighted by atomic mass is 10.1. The molecule has 0 saturated heterocycles. The minimum Gasteiger partial charge on any atom is -0.461 e. The summed E-state index contributed by atoms with van der Waals surface area (Å²) in [5.74, 6) is 1.31. The zero-order valence-electron chi connectivity index (χ0n) is 14.3. The van der Waals surface area contributed by atoms with Crippen LogP contribution in [0.3, 0.4) is 0 Å². The number of carbonyl (C=O) groups excluding carboxylic acids is 1. The Labute approximate surface area is 151 Å². The van der Waals surface area contributed by atoms with Crippen molar-refractivity contribution in [1.82, 2.24) is 15.5 Å². The number of aromatic nitrogens is 2. The predicted molar refractivity (Wildman–Crippen MR) is 94.1 cm³/mol. The molecule has 3 aromatic rings. The van der Waals surface area contributed by atoms with E-state index >= 15 is 0 Å². The Morgan fingerprint density at radius 3 is 2.77 bits per heavy atom. The summed E-state index contributed by atoms with van der Waals surface area (Å²) in [7, 11) is 0. The molecule has 2 aromatic heterocycles. The van der Waals surface area contributed by atoms with Gasteiger partial charge < -0.3 is 19.4 Å². The largest absolute Gasteiger partial charge is 0.461 e. The number of aliphatic hydroxyl groups excluding tert-OH is 1. The number of furan rings is 1. The molecular formula is C19H21N3O4. The van der Waals surface area contributed by atoms with Gasteiger partial charge in [-0.1, -0.05) is 35.5 Å². The smallest absolute Gasteiger partial charge is 0.238 e. The quantitative estimate of drug-likeness (QED) is 0.611. The third-order valence-corrected chi connectivity index (χ3v) is 3.91.